The molecule has 0 aromatic carbocycles. The van der Waals surface area contributed by atoms with Crippen LogP contribution in [0.1, 0.15) is 55.8 Å². The van der Waals surface area contributed by atoms with Crippen molar-refractivity contribution in [1.29, 1.82) is 0 Å². The lowest BCUT2D eigenvalue weighted by atomic mass is 10.1. The second kappa shape index (κ2) is 12.8. The molecule has 0 saturated carbocycles. The Bertz CT molecular complexity index is 604. The van der Waals surface area contributed by atoms with Crippen LogP contribution in [0.4, 0.5) is 5.82 Å². The molecule has 8 nitrogen and oxygen atoms in total. The summed E-state index contributed by atoms with van der Waals surface area (Å²) in [6.07, 6.45) is 6.89. The fourth-order valence-electron chi connectivity index (χ4n) is 2.47. The van der Waals surface area contributed by atoms with Crippen molar-refractivity contribution in [2.75, 3.05) is 32.1 Å². The third-order valence-corrected chi connectivity index (χ3v) is 4.04. The summed E-state index contributed by atoms with van der Waals surface area (Å²) < 4.78 is 4.91. The molecule has 0 radical (unpaired) electrons. The number of amides is 2. The zero-order chi connectivity index (χ0) is 20.1. The van der Waals surface area contributed by atoms with Crippen LogP contribution in [-0.4, -0.2) is 54.4 Å². The number of nitrogens with one attached hydrogen (secondary N) is 1. The number of primary amides is 1. The molecule has 8 heteroatoms. The number of nitrogens with two attached hydrogens (primary N) is 1. The first-order valence-corrected chi connectivity index (χ1v) is 9.26. The van der Waals surface area contributed by atoms with Gasteiger partial charge in [-0.2, -0.15) is 0 Å². The number of esters is 1. The Morgan fingerprint density at radius 3 is 2.44 bits per heavy atom. The van der Waals surface area contributed by atoms with Crippen LogP contribution in [0.5, 0.6) is 0 Å². The Morgan fingerprint density at radius 2 is 1.81 bits per heavy atom. The van der Waals surface area contributed by atoms with Crippen LogP contribution in [0, 0.1) is 0 Å². The largest absolute Gasteiger partial charge is 0.465 e. The zero-order valence-corrected chi connectivity index (χ0v) is 16.2. The van der Waals surface area contributed by atoms with E-state index in [0.717, 1.165) is 45.2 Å². The van der Waals surface area contributed by atoms with Crippen molar-refractivity contribution in [1.82, 2.24) is 9.88 Å². The number of hydrogen-bond donors (Lipinski definition) is 2. The maximum Gasteiger partial charge on any atom is 0.302 e. The minimum Gasteiger partial charge on any atom is -0.465 e. The molecule has 0 fully saturated rings. The minimum atomic E-state index is -0.545. The lowest BCUT2D eigenvalue weighted by Gasteiger charge is -2.15. The highest BCUT2D eigenvalue weighted by Gasteiger charge is 2.05. The summed E-state index contributed by atoms with van der Waals surface area (Å²) in [4.78, 5) is 39.7. The van der Waals surface area contributed by atoms with E-state index in [9.17, 15) is 14.4 Å². The number of pyridine rings is 1. The molecule has 1 aromatic heterocycles. The number of anilines is 1. The number of ether oxygens (including phenoxy) is 1. The van der Waals surface area contributed by atoms with E-state index < -0.39 is 5.91 Å². The summed E-state index contributed by atoms with van der Waals surface area (Å²) in [6.45, 7) is 3.56. The molecule has 1 rings (SSSR count). The number of carbonyl (C=O) groups excluding carboxylic acids is 3. The predicted molar refractivity (Wildman–Crippen MR) is 103 cm³/mol. The molecule has 0 unspecified atom stereocenters. The molecule has 2 amide bonds. The van der Waals surface area contributed by atoms with E-state index in [-0.39, 0.29) is 11.9 Å². The van der Waals surface area contributed by atoms with Crippen LogP contribution in [0.15, 0.2) is 18.3 Å². The molecule has 0 saturated heterocycles. The lowest BCUT2D eigenvalue weighted by Crippen LogP contribution is -2.25. The Morgan fingerprint density at radius 1 is 1.11 bits per heavy atom. The summed E-state index contributed by atoms with van der Waals surface area (Å²) in [7, 11) is 2.01. The first-order chi connectivity index (χ1) is 12.9. The molecule has 0 aliphatic heterocycles. The molecule has 0 spiro atoms. The first-order valence-electron chi connectivity index (χ1n) is 9.26. The second-order valence-electron chi connectivity index (χ2n) is 6.51. The van der Waals surface area contributed by atoms with Crippen LogP contribution in [0.25, 0.3) is 0 Å². The van der Waals surface area contributed by atoms with Crippen molar-refractivity contribution in [3.05, 3.63) is 23.9 Å². The van der Waals surface area contributed by atoms with Gasteiger partial charge in [0.2, 0.25) is 11.8 Å². The van der Waals surface area contributed by atoms with Gasteiger partial charge in [0.25, 0.3) is 0 Å². The van der Waals surface area contributed by atoms with Crippen LogP contribution in [-0.2, 0) is 14.3 Å². The third kappa shape index (κ3) is 11.0. The van der Waals surface area contributed by atoms with Crippen molar-refractivity contribution in [2.45, 2.75) is 45.4 Å². The van der Waals surface area contributed by atoms with Crippen molar-refractivity contribution < 1.29 is 19.1 Å². The molecule has 0 bridgehead atoms. The van der Waals surface area contributed by atoms with Crippen LogP contribution >= 0.6 is 0 Å². The predicted octanol–water partition coefficient (Wildman–Crippen LogP) is 1.95. The summed E-state index contributed by atoms with van der Waals surface area (Å²) in [5.41, 5.74) is 5.45. The first kappa shape index (κ1) is 22.6. The summed E-state index contributed by atoms with van der Waals surface area (Å²) >= 11 is 0. The molecule has 27 heavy (non-hydrogen) atoms. The molecule has 150 valence electrons. The monoisotopic (exact) mass is 378 g/mol. The van der Waals surface area contributed by atoms with Gasteiger partial charge in [0.05, 0.1) is 5.56 Å². The van der Waals surface area contributed by atoms with E-state index in [1.807, 2.05) is 7.05 Å². The molecule has 0 atom stereocenters. The van der Waals surface area contributed by atoms with E-state index in [1.165, 1.54) is 19.2 Å². The van der Waals surface area contributed by atoms with Gasteiger partial charge >= 0.3 is 5.97 Å². The van der Waals surface area contributed by atoms with Crippen molar-refractivity contribution in [3.63, 3.8) is 0 Å². The van der Waals surface area contributed by atoms with Gasteiger partial charge in [-0.25, -0.2) is 4.98 Å². The molecule has 0 aliphatic carbocycles. The smallest absolute Gasteiger partial charge is 0.302 e. The van der Waals surface area contributed by atoms with Crippen LogP contribution in [0.3, 0.4) is 0 Å². The number of likely N-dealkylation sites (N-methyl/N-ethyl adjacent to an activating group) is 1. The Kier molecular flexibility index (Phi) is 10.7. The Hall–Kier alpha value is -2.48. The number of nitrogens with zero attached hydrogens (tertiary/aromatic N) is 2. The maximum atomic E-state index is 11.9. The SMILES string of the molecule is CC(=O)OCCN(C)CCCCCCCC(=O)Nc1ccc(C(N)=O)cn1. The van der Waals surface area contributed by atoms with Gasteiger partial charge in [-0.05, 0) is 38.6 Å². The molecule has 3 N–H and O–H groups in total. The van der Waals surface area contributed by atoms with E-state index in [2.05, 4.69) is 15.2 Å². The van der Waals surface area contributed by atoms with Crippen molar-refractivity contribution in [2.24, 2.45) is 5.73 Å². The minimum absolute atomic E-state index is 0.0838. The average molecular weight is 378 g/mol. The number of rotatable bonds is 13. The van der Waals surface area contributed by atoms with Crippen molar-refractivity contribution >= 4 is 23.6 Å². The third-order valence-electron chi connectivity index (χ3n) is 4.04. The van der Waals surface area contributed by atoms with Gasteiger partial charge in [0, 0.05) is 26.1 Å². The van der Waals surface area contributed by atoms with E-state index in [4.69, 9.17) is 10.5 Å². The topological polar surface area (TPSA) is 115 Å². The standard InChI is InChI=1S/C19H30N4O4/c1-15(24)27-13-12-23(2)11-7-5-3-4-6-8-18(25)22-17-10-9-16(14-21-17)19(20)26/h9-10,14H,3-8,11-13H2,1-2H3,(H2,20,26)(H,21,22,25). The summed E-state index contributed by atoms with van der Waals surface area (Å²) in [5.74, 6) is -0.455. The lowest BCUT2D eigenvalue weighted by molar-refractivity contribution is -0.141. The average Bonchev–Trinajstić information content (AvgIpc) is 2.61. The molecule has 0 aliphatic rings. The van der Waals surface area contributed by atoms with Gasteiger partial charge in [-0.15, -0.1) is 0 Å². The highest BCUT2D eigenvalue weighted by molar-refractivity contribution is 5.93. The van der Waals surface area contributed by atoms with Crippen molar-refractivity contribution in [3.8, 4) is 0 Å². The molecule has 1 aromatic rings. The number of unbranched alkanes of at least 4 members (excludes halogenated alkanes) is 4. The van der Waals surface area contributed by atoms with Gasteiger partial charge in [0.1, 0.15) is 12.4 Å². The van der Waals surface area contributed by atoms with Gasteiger partial charge in [0.15, 0.2) is 0 Å². The molecule has 1 heterocycles. The highest BCUT2D eigenvalue weighted by Crippen LogP contribution is 2.09. The van der Waals surface area contributed by atoms with E-state index in [0.29, 0.717) is 24.4 Å². The maximum absolute atomic E-state index is 11.9. The molecular formula is C19H30N4O4. The zero-order valence-electron chi connectivity index (χ0n) is 16.2. The normalized spacial score (nSPS) is 10.6. The summed E-state index contributed by atoms with van der Waals surface area (Å²) in [6, 6.07) is 3.10. The van der Waals surface area contributed by atoms with Gasteiger partial charge in [-0.3, -0.25) is 14.4 Å². The fraction of sp³-hybridized carbons (Fsp3) is 0.579. The second-order valence-corrected chi connectivity index (χ2v) is 6.51. The number of hydrogen-bond acceptors (Lipinski definition) is 6. The Labute approximate surface area is 160 Å². The number of aromatic nitrogens is 1. The van der Waals surface area contributed by atoms with Gasteiger partial charge < -0.3 is 20.7 Å². The molecular weight excluding hydrogens is 348 g/mol. The highest BCUT2D eigenvalue weighted by atomic mass is 16.5. The fourth-order valence-corrected chi connectivity index (χ4v) is 2.47. The number of carbonyl (C=O) groups is 3. The van der Waals surface area contributed by atoms with E-state index >= 15 is 0 Å². The van der Waals surface area contributed by atoms with Crippen LogP contribution in [0.2, 0.25) is 0 Å². The summed E-state index contributed by atoms with van der Waals surface area (Å²) in [5, 5.41) is 2.71. The van der Waals surface area contributed by atoms with Crippen LogP contribution < -0.4 is 11.1 Å². The van der Waals surface area contributed by atoms with E-state index in [1.54, 1.807) is 6.07 Å². The van der Waals surface area contributed by atoms with Gasteiger partial charge in [-0.1, -0.05) is 19.3 Å². The quantitative estimate of drug-likeness (QED) is 0.400. The Balaban J connectivity index is 2.03.